The smallest absolute Gasteiger partial charge is 0.0372 e. The first-order chi connectivity index (χ1) is 9.81. The maximum atomic E-state index is 3.50. The van der Waals surface area contributed by atoms with Gasteiger partial charge in [-0.2, -0.15) is 0 Å². The molecule has 1 aliphatic heterocycles. The molecule has 20 heavy (non-hydrogen) atoms. The first kappa shape index (κ1) is 13.9. The zero-order chi connectivity index (χ0) is 13.8. The maximum absolute atomic E-state index is 3.50. The van der Waals surface area contributed by atoms with Crippen LogP contribution in [0.3, 0.4) is 0 Å². The van der Waals surface area contributed by atoms with Crippen molar-refractivity contribution in [1.29, 1.82) is 0 Å². The van der Waals surface area contributed by atoms with E-state index in [-0.39, 0.29) is 0 Å². The molecule has 0 aromatic heterocycles. The van der Waals surface area contributed by atoms with Crippen molar-refractivity contribution in [2.45, 2.75) is 51.5 Å². The van der Waals surface area contributed by atoms with Gasteiger partial charge in [-0.15, -0.1) is 0 Å². The molecule has 1 aromatic rings. The molecule has 0 atom stereocenters. The van der Waals surface area contributed by atoms with E-state index < -0.39 is 0 Å². The number of benzene rings is 1. The highest BCUT2D eigenvalue weighted by Crippen LogP contribution is 2.26. The topological polar surface area (TPSA) is 15.3 Å². The van der Waals surface area contributed by atoms with E-state index in [1.165, 1.54) is 68.3 Å². The zero-order valence-corrected chi connectivity index (χ0v) is 12.8. The second kappa shape index (κ2) is 6.62. The predicted molar refractivity (Wildman–Crippen MR) is 86.2 cm³/mol. The van der Waals surface area contributed by atoms with Gasteiger partial charge in [-0.3, -0.25) is 0 Å². The van der Waals surface area contributed by atoms with Crippen LogP contribution in [0, 0.1) is 5.92 Å². The van der Waals surface area contributed by atoms with Crippen LogP contribution in [0.25, 0.3) is 0 Å². The number of hydrogen-bond acceptors (Lipinski definition) is 2. The molecule has 2 heteroatoms. The number of anilines is 1. The van der Waals surface area contributed by atoms with Gasteiger partial charge in [0.05, 0.1) is 0 Å². The number of hydrogen-bond donors (Lipinski definition) is 1. The van der Waals surface area contributed by atoms with Gasteiger partial charge in [-0.05, 0) is 55.8 Å². The summed E-state index contributed by atoms with van der Waals surface area (Å²) in [5.74, 6) is 0.938. The van der Waals surface area contributed by atoms with E-state index in [9.17, 15) is 0 Å². The highest BCUT2D eigenvalue weighted by atomic mass is 15.1. The van der Waals surface area contributed by atoms with Crippen molar-refractivity contribution in [3.8, 4) is 0 Å². The Morgan fingerprint density at radius 2 is 2.00 bits per heavy atom. The van der Waals surface area contributed by atoms with E-state index in [2.05, 4.69) is 35.5 Å². The van der Waals surface area contributed by atoms with Gasteiger partial charge in [0.25, 0.3) is 0 Å². The maximum Gasteiger partial charge on any atom is 0.0372 e. The van der Waals surface area contributed by atoms with Crippen molar-refractivity contribution in [1.82, 2.24) is 4.90 Å². The van der Waals surface area contributed by atoms with Gasteiger partial charge in [-0.25, -0.2) is 0 Å². The second-order valence-corrected chi connectivity index (χ2v) is 6.72. The Kier molecular flexibility index (Phi) is 4.62. The number of rotatable bonds is 4. The van der Waals surface area contributed by atoms with Crippen LogP contribution in [0.15, 0.2) is 18.2 Å². The molecule has 0 unspecified atom stereocenters. The molecule has 110 valence electrons. The van der Waals surface area contributed by atoms with E-state index >= 15 is 0 Å². The number of aryl methyl sites for hydroxylation is 1. The molecule has 0 spiro atoms. The van der Waals surface area contributed by atoms with Crippen LogP contribution in [-0.4, -0.2) is 25.0 Å². The lowest BCUT2D eigenvalue weighted by Crippen LogP contribution is -2.26. The molecule has 2 aliphatic rings. The van der Waals surface area contributed by atoms with E-state index in [1.807, 2.05) is 0 Å². The Balaban J connectivity index is 1.56. The summed E-state index contributed by atoms with van der Waals surface area (Å²) < 4.78 is 0. The van der Waals surface area contributed by atoms with Crippen molar-refractivity contribution in [2.75, 3.05) is 25.5 Å². The van der Waals surface area contributed by atoms with Gasteiger partial charge in [0.2, 0.25) is 0 Å². The first-order valence-electron chi connectivity index (χ1n) is 8.35. The molecule has 1 heterocycles. The lowest BCUT2D eigenvalue weighted by Gasteiger charge is -2.27. The van der Waals surface area contributed by atoms with Crippen molar-refractivity contribution < 1.29 is 0 Å². The third-order valence-corrected chi connectivity index (χ3v) is 4.86. The van der Waals surface area contributed by atoms with Crippen LogP contribution in [-0.2, 0) is 13.0 Å². The first-order valence-corrected chi connectivity index (χ1v) is 8.35. The minimum atomic E-state index is 0.938. The Hall–Kier alpha value is -1.02. The summed E-state index contributed by atoms with van der Waals surface area (Å²) in [7, 11) is 2.28. The fourth-order valence-electron chi connectivity index (χ4n) is 3.81. The fourth-order valence-corrected chi connectivity index (χ4v) is 3.81. The molecule has 0 amide bonds. The molecule has 0 saturated heterocycles. The highest BCUT2D eigenvalue weighted by molar-refractivity contribution is 5.54. The van der Waals surface area contributed by atoms with Gasteiger partial charge in [0.1, 0.15) is 0 Å². The summed E-state index contributed by atoms with van der Waals surface area (Å²) in [6.45, 7) is 3.51. The molecule has 1 aromatic carbocycles. The average molecular weight is 272 g/mol. The summed E-state index contributed by atoms with van der Waals surface area (Å²) in [5.41, 5.74) is 4.35. The van der Waals surface area contributed by atoms with Crippen LogP contribution < -0.4 is 5.32 Å². The van der Waals surface area contributed by atoms with Crippen LogP contribution in [0.2, 0.25) is 0 Å². The summed E-state index contributed by atoms with van der Waals surface area (Å²) in [4.78, 5) is 2.52. The SMILES string of the molecule is CN(Cc1ccc2c(c1)CCCN2)CC1CCCCC1. The van der Waals surface area contributed by atoms with Crippen molar-refractivity contribution in [2.24, 2.45) is 5.92 Å². The Bertz CT molecular complexity index is 435. The van der Waals surface area contributed by atoms with Crippen LogP contribution in [0.1, 0.15) is 49.7 Å². The molecular weight excluding hydrogens is 244 g/mol. The summed E-state index contributed by atoms with van der Waals surface area (Å²) in [6.07, 6.45) is 9.75. The van der Waals surface area contributed by atoms with Crippen molar-refractivity contribution in [3.63, 3.8) is 0 Å². The van der Waals surface area contributed by atoms with E-state index in [0.717, 1.165) is 19.0 Å². The number of nitrogens with one attached hydrogen (secondary N) is 1. The molecule has 0 bridgehead atoms. The Morgan fingerprint density at radius 1 is 1.15 bits per heavy atom. The third kappa shape index (κ3) is 3.54. The lowest BCUT2D eigenvalue weighted by atomic mass is 9.89. The van der Waals surface area contributed by atoms with E-state index in [4.69, 9.17) is 0 Å². The molecule has 1 aliphatic carbocycles. The molecule has 1 saturated carbocycles. The van der Waals surface area contributed by atoms with Crippen molar-refractivity contribution in [3.05, 3.63) is 29.3 Å². The van der Waals surface area contributed by atoms with Gasteiger partial charge < -0.3 is 10.2 Å². The van der Waals surface area contributed by atoms with Crippen LogP contribution in [0.4, 0.5) is 5.69 Å². The quantitative estimate of drug-likeness (QED) is 0.889. The second-order valence-electron chi connectivity index (χ2n) is 6.72. The number of nitrogens with zero attached hydrogens (tertiary/aromatic N) is 1. The normalized spacial score (nSPS) is 19.7. The minimum absolute atomic E-state index is 0.938. The molecule has 2 nitrogen and oxygen atoms in total. The third-order valence-electron chi connectivity index (χ3n) is 4.86. The van der Waals surface area contributed by atoms with Gasteiger partial charge in [0.15, 0.2) is 0 Å². The molecular formula is C18H28N2. The molecule has 1 fully saturated rings. The van der Waals surface area contributed by atoms with Gasteiger partial charge >= 0.3 is 0 Å². The predicted octanol–water partition coefficient (Wildman–Crippen LogP) is 4.06. The summed E-state index contributed by atoms with van der Waals surface area (Å²) in [5, 5.41) is 3.50. The van der Waals surface area contributed by atoms with E-state index in [1.54, 1.807) is 0 Å². The largest absolute Gasteiger partial charge is 0.385 e. The zero-order valence-electron chi connectivity index (χ0n) is 12.8. The highest BCUT2D eigenvalue weighted by Gasteiger charge is 2.16. The summed E-state index contributed by atoms with van der Waals surface area (Å²) >= 11 is 0. The molecule has 3 rings (SSSR count). The average Bonchev–Trinajstić information content (AvgIpc) is 2.48. The Labute approximate surface area is 123 Å². The molecule has 0 radical (unpaired) electrons. The standard InChI is InChI=1S/C18H28N2/c1-20(13-15-6-3-2-4-7-15)14-16-9-10-18-17(12-16)8-5-11-19-18/h9-10,12,15,19H,2-8,11,13-14H2,1H3. The van der Waals surface area contributed by atoms with E-state index in [0.29, 0.717) is 0 Å². The molecule has 1 N–H and O–H groups in total. The van der Waals surface area contributed by atoms with Crippen LogP contribution >= 0.6 is 0 Å². The fraction of sp³-hybridized carbons (Fsp3) is 0.667. The Morgan fingerprint density at radius 3 is 2.85 bits per heavy atom. The van der Waals surface area contributed by atoms with Crippen LogP contribution in [0.5, 0.6) is 0 Å². The monoisotopic (exact) mass is 272 g/mol. The number of fused-ring (bicyclic) bond motifs is 1. The lowest BCUT2D eigenvalue weighted by molar-refractivity contribution is 0.228. The minimum Gasteiger partial charge on any atom is -0.385 e. The summed E-state index contributed by atoms with van der Waals surface area (Å²) in [6, 6.07) is 6.99. The van der Waals surface area contributed by atoms with Crippen molar-refractivity contribution >= 4 is 5.69 Å². The van der Waals surface area contributed by atoms with Gasteiger partial charge in [-0.1, -0.05) is 31.4 Å². The van der Waals surface area contributed by atoms with Gasteiger partial charge in [0, 0.05) is 25.3 Å².